The molecule has 7 rings (SSSR count). The van der Waals surface area contributed by atoms with Crippen LogP contribution in [0.2, 0.25) is 0 Å². The number of aryl methyl sites for hydroxylation is 2. The number of aromatic nitrogens is 5. The number of carbonyl (C=O) groups is 1. The number of aromatic amines is 1. The van der Waals surface area contributed by atoms with Crippen molar-refractivity contribution in [3.63, 3.8) is 0 Å². The minimum Gasteiger partial charge on any atom is -0.382 e. The number of nitrogens with one attached hydrogen (secondary N) is 2. The Morgan fingerprint density at radius 2 is 1.98 bits per heavy atom. The second-order valence-electron chi connectivity index (χ2n) is 12.7. The highest BCUT2D eigenvalue weighted by molar-refractivity contribution is 6.07. The van der Waals surface area contributed by atoms with Crippen molar-refractivity contribution in [3.05, 3.63) is 82.4 Å². The molecule has 1 amide bonds. The summed E-state index contributed by atoms with van der Waals surface area (Å²) in [5.41, 5.74) is 5.36. The summed E-state index contributed by atoms with van der Waals surface area (Å²) in [6, 6.07) is 7.23. The zero-order chi connectivity index (χ0) is 32.4. The molecular formula is C35H37FN8O2. The van der Waals surface area contributed by atoms with Crippen molar-refractivity contribution in [2.24, 2.45) is 0 Å². The number of halogens is 1. The third kappa shape index (κ3) is 4.47. The molecule has 2 atom stereocenters. The monoisotopic (exact) mass is 620 g/mol. The lowest BCUT2D eigenvalue weighted by atomic mass is 9.93. The minimum absolute atomic E-state index is 0.00977. The van der Waals surface area contributed by atoms with E-state index in [4.69, 9.17) is 4.98 Å². The van der Waals surface area contributed by atoms with E-state index in [0.717, 1.165) is 27.7 Å². The van der Waals surface area contributed by atoms with Crippen molar-refractivity contribution in [1.82, 2.24) is 29.6 Å². The second kappa shape index (κ2) is 11.1. The second-order valence-corrected chi connectivity index (χ2v) is 12.7. The number of nitrogens with zero attached hydrogens (tertiary/aromatic N) is 6. The molecule has 10 nitrogen and oxygen atoms in total. The topological polar surface area (TPSA) is 112 Å². The highest BCUT2D eigenvalue weighted by Crippen LogP contribution is 2.44. The maximum atomic E-state index is 17.2. The van der Waals surface area contributed by atoms with Gasteiger partial charge in [-0.25, -0.2) is 9.18 Å². The van der Waals surface area contributed by atoms with E-state index in [0.29, 0.717) is 65.3 Å². The van der Waals surface area contributed by atoms with Gasteiger partial charge in [-0.1, -0.05) is 26.5 Å². The summed E-state index contributed by atoms with van der Waals surface area (Å²) < 4.78 is 18.8. The van der Waals surface area contributed by atoms with E-state index in [2.05, 4.69) is 32.0 Å². The van der Waals surface area contributed by atoms with Gasteiger partial charge in [0, 0.05) is 48.9 Å². The first kappa shape index (κ1) is 29.6. The van der Waals surface area contributed by atoms with E-state index in [1.807, 2.05) is 52.8 Å². The van der Waals surface area contributed by atoms with E-state index < -0.39 is 11.5 Å². The van der Waals surface area contributed by atoms with Gasteiger partial charge in [0.25, 0.3) is 0 Å². The molecule has 46 heavy (non-hydrogen) atoms. The summed E-state index contributed by atoms with van der Waals surface area (Å²) in [4.78, 5) is 40.4. The summed E-state index contributed by atoms with van der Waals surface area (Å²) in [5.74, 6) is -0.131. The molecule has 0 spiro atoms. The number of benzene rings is 2. The number of hydrogen-bond acceptors (Lipinski definition) is 7. The predicted molar refractivity (Wildman–Crippen MR) is 179 cm³/mol. The van der Waals surface area contributed by atoms with Gasteiger partial charge in [0.15, 0.2) is 5.82 Å². The summed E-state index contributed by atoms with van der Waals surface area (Å²) >= 11 is 0. The van der Waals surface area contributed by atoms with Gasteiger partial charge in [-0.3, -0.25) is 19.4 Å². The Morgan fingerprint density at radius 3 is 2.74 bits per heavy atom. The van der Waals surface area contributed by atoms with Crippen LogP contribution in [0.3, 0.4) is 0 Å². The Kier molecular flexibility index (Phi) is 7.14. The number of carbonyl (C=O) groups excluding carboxylic acids is 1. The van der Waals surface area contributed by atoms with E-state index in [1.54, 1.807) is 27.9 Å². The standard InChI is InChI=1S/C35H37FN8O2/c1-7-27(45)42-17-22-11-13-38-32-29-26(14-23(30(32)36)28-19(4)8-9-25-24(28)15-39-41-25)44(33-20(5)10-12-37-31(33)18(2)3)35(46)40-34(29)43(22)16-21(42)6/h7-10,12,14-15,18,21-22,38H,1,11,13,16-17H2,2-6H3,(H,39,41). The van der Waals surface area contributed by atoms with Crippen molar-refractivity contribution in [3.8, 4) is 16.8 Å². The lowest BCUT2D eigenvalue weighted by molar-refractivity contribution is -0.128. The molecule has 3 aromatic heterocycles. The van der Waals surface area contributed by atoms with Crippen LogP contribution in [-0.2, 0) is 4.79 Å². The van der Waals surface area contributed by atoms with Gasteiger partial charge < -0.3 is 15.1 Å². The SMILES string of the molecule is C=CC(=O)N1CC2CCNc3c(F)c(-c4c(C)ccc5[nH]ncc45)cc4c3c(nc(=O)n4-c3c(C)ccnc3C(C)C)N2CC1C. The molecule has 5 aromatic rings. The zero-order valence-corrected chi connectivity index (χ0v) is 26.7. The molecule has 0 radical (unpaired) electrons. The maximum Gasteiger partial charge on any atom is 0.354 e. The van der Waals surface area contributed by atoms with Crippen LogP contribution in [0.5, 0.6) is 0 Å². The highest BCUT2D eigenvalue weighted by Gasteiger charge is 2.38. The average molecular weight is 621 g/mol. The van der Waals surface area contributed by atoms with E-state index in [-0.39, 0.29) is 23.9 Å². The van der Waals surface area contributed by atoms with E-state index >= 15 is 4.39 Å². The molecule has 0 bridgehead atoms. The van der Waals surface area contributed by atoms with Gasteiger partial charge in [-0.15, -0.1) is 0 Å². The van der Waals surface area contributed by atoms with Crippen LogP contribution in [0.25, 0.3) is 38.6 Å². The quantitative estimate of drug-likeness (QED) is 0.251. The van der Waals surface area contributed by atoms with Crippen LogP contribution in [0, 0.1) is 19.7 Å². The zero-order valence-electron chi connectivity index (χ0n) is 26.7. The van der Waals surface area contributed by atoms with Gasteiger partial charge in [0.2, 0.25) is 5.91 Å². The van der Waals surface area contributed by atoms with Gasteiger partial charge in [-0.2, -0.15) is 10.1 Å². The third-order valence-corrected chi connectivity index (χ3v) is 9.48. The Labute approximate surface area is 266 Å². The molecule has 236 valence electrons. The van der Waals surface area contributed by atoms with Gasteiger partial charge in [-0.05, 0) is 74.1 Å². The number of H-pyrrole nitrogens is 1. The highest BCUT2D eigenvalue weighted by atomic mass is 19.1. The fourth-order valence-corrected chi connectivity index (χ4v) is 7.22. The number of amides is 1. The Hall–Kier alpha value is -5.06. The smallest absolute Gasteiger partial charge is 0.354 e. The van der Waals surface area contributed by atoms with Crippen LogP contribution < -0.4 is 15.9 Å². The fourth-order valence-electron chi connectivity index (χ4n) is 7.22. The largest absolute Gasteiger partial charge is 0.382 e. The van der Waals surface area contributed by atoms with Crippen molar-refractivity contribution in [2.75, 3.05) is 29.9 Å². The number of fused-ring (bicyclic) bond motifs is 3. The first-order chi connectivity index (χ1) is 22.1. The average Bonchev–Trinajstić information content (AvgIpc) is 3.50. The molecule has 11 heteroatoms. The molecule has 0 aliphatic carbocycles. The van der Waals surface area contributed by atoms with Crippen LogP contribution >= 0.6 is 0 Å². The summed E-state index contributed by atoms with van der Waals surface area (Å²) in [6.07, 6.45) is 5.40. The Bertz CT molecular complexity index is 2120. The molecule has 5 heterocycles. The molecule has 2 aliphatic rings. The van der Waals surface area contributed by atoms with Crippen molar-refractivity contribution < 1.29 is 9.18 Å². The normalized spacial score (nSPS) is 18.0. The molecule has 0 saturated carbocycles. The lowest BCUT2D eigenvalue weighted by Crippen LogP contribution is -2.60. The molecule has 1 fully saturated rings. The molecule has 2 unspecified atom stereocenters. The summed E-state index contributed by atoms with van der Waals surface area (Å²) in [5, 5.41) is 12.0. The van der Waals surface area contributed by atoms with Gasteiger partial charge in [0.1, 0.15) is 5.82 Å². The lowest BCUT2D eigenvalue weighted by Gasteiger charge is -2.46. The Morgan fingerprint density at radius 1 is 1.17 bits per heavy atom. The van der Waals surface area contributed by atoms with Crippen molar-refractivity contribution >= 4 is 39.2 Å². The van der Waals surface area contributed by atoms with E-state index in [1.165, 1.54) is 6.08 Å². The number of piperazine rings is 1. The molecule has 2 N–H and O–H groups in total. The summed E-state index contributed by atoms with van der Waals surface area (Å²) in [6.45, 7) is 15.0. The maximum absolute atomic E-state index is 17.2. The number of rotatable bonds is 4. The summed E-state index contributed by atoms with van der Waals surface area (Å²) in [7, 11) is 0. The first-order valence-corrected chi connectivity index (χ1v) is 15.7. The molecule has 2 aromatic carbocycles. The van der Waals surface area contributed by atoms with Crippen LogP contribution in [0.15, 0.2) is 54.1 Å². The van der Waals surface area contributed by atoms with Crippen LogP contribution in [0.4, 0.5) is 15.9 Å². The van der Waals surface area contributed by atoms with Gasteiger partial charge >= 0.3 is 5.69 Å². The first-order valence-electron chi connectivity index (χ1n) is 15.7. The fraction of sp³-hybridized carbons (Fsp3) is 0.343. The number of anilines is 2. The van der Waals surface area contributed by atoms with Gasteiger partial charge in [0.05, 0.1) is 39.7 Å². The molecule has 1 saturated heterocycles. The number of hydrogen-bond donors (Lipinski definition) is 2. The van der Waals surface area contributed by atoms with Crippen LogP contribution in [0.1, 0.15) is 49.9 Å². The van der Waals surface area contributed by atoms with Crippen molar-refractivity contribution in [1.29, 1.82) is 0 Å². The predicted octanol–water partition coefficient (Wildman–Crippen LogP) is 5.61. The van der Waals surface area contributed by atoms with E-state index in [9.17, 15) is 9.59 Å². The van der Waals surface area contributed by atoms with Crippen molar-refractivity contribution in [2.45, 2.75) is 59.0 Å². The van der Waals surface area contributed by atoms with Crippen LogP contribution in [-0.4, -0.2) is 67.3 Å². The molecular weight excluding hydrogens is 583 g/mol. The third-order valence-electron chi connectivity index (χ3n) is 9.48. The minimum atomic E-state index is -0.473. The number of pyridine rings is 1. The molecule has 2 aliphatic heterocycles. The Balaban J connectivity index is 1.60.